The summed E-state index contributed by atoms with van der Waals surface area (Å²) in [4.78, 5) is 21.7. The van der Waals surface area contributed by atoms with Gasteiger partial charge in [-0.15, -0.1) is 0 Å². The Morgan fingerprint density at radius 3 is 2.50 bits per heavy atom. The maximum atomic E-state index is 11.0. The third kappa shape index (κ3) is 0.296. The molecule has 2 N–H and O–H groups in total. The summed E-state index contributed by atoms with van der Waals surface area (Å²) in [7, 11) is 0. The highest BCUT2D eigenvalue weighted by Gasteiger charge is 2.74. The minimum absolute atomic E-state index is 0.0764. The Kier molecular flexibility index (Phi) is 0.743. The topological polar surface area (TPSA) is 60.2 Å². The molecule has 54 valence electrons. The van der Waals surface area contributed by atoms with Crippen molar-refractivity contribution in [1.82, 2.24) is 0 Å². The molecule has 3 atom stereocenters. The van der Waals surface area contributed by atoms with E-state index < -0.39 is 11.3 Å². The van der Waals surface area contributed by atoms with Gasteiger partial charge in [-0.3, -0.25) is 9.59 Å². The van der Waals surface area contributed by atoms with Crippen LogP contribution in [0.25, 0.3) is 0 Å². The van der Waals surface area contributed by atoms with Gasteiger partial charge in [0.2, 0.25) is 5.91 Å². The molecule has 0 spiro atoms. The molecule has 0 heterocycles. The number of hydrogen-bond acceptors (Lipinski definition) is 2. The second-order valence-electron chi connectivity index (χ2n) is 3.30. The minimum atomic E-state index is -0.718. The Morgan fingerprint density at radius 1 is 1.80 bits per heavy atom. The Hall–Kier alpha value is -0.860. The predicted molar refractivity (Wildman–Crippen MR) is 33.9 cm³/mol. The molecular formula is C7H9NO2. The van der Waals surface area contributed by atoms with E-state index in [4.69, 9.17) is 5.73 Å². The molecule has 10 heavy (non-hydrogen) atoms. The average molecular weight is 139 g/mol. The Bertz CT molecular complexity index is 226. The normalized spacial score (nSPS) is 49.5. The zero-order chi connectivity index (χ0) is 7.52. The molecule has 0 radical (unpaired) electrons. The van der Waals surface area contributed by atoms with Crippen molar-refractivity contribution in [3.63, 3.8) is 0 Å². The number of Topliss-reactive ketones (excluding diaryl/α,β-unsaturated/α-hetero) is 1. The highest BCUT2D eigenvalue weighted by Crippen LogP contribution is 2.65. The molecule has 3 unspecified atom stereocenters. The summed E-state index contributed by atoms with van der Waals surface area (Å²) in [5, 5.41) is 0. The first kappa shape index (κ1) is 5.89. The number of hydrogen-bond donors (Lipinski definition) is 1. The maximum Gasteiger partial charge on any atom is 0.231 e. The van der Waals surface area contributed by atoms with Crippen molar-refractivity contribution < 1.29 is 9.59 Å². The van der Waals surface area contributed by atoms with Crippen LogP contribution in [0.2, 0.25) is 0 Å². The minimum Gasteiger partial charge on any atom is -0.369 e. The van der Waals surface area contributed by atoms with Gasteiger partial charge in [0.1, 0.15) is 5.41 Å². The van der Waals surface area contributed by atoms with Gasteiger partial charge in [-0.05, 0) is 12.3 Å². The second-order valence-corrected chi connectivity index (χ2v) is 3.30. The Balaban J connectivity index is 2.32. The number of carbonyl (C=O) groups excluding carboxylic acids is 2. The molecule has 2 bridgehead atoms. The molecule has 0 saturated heterocycles. The van der Waals surface area contributed by atoms with Gasteiger partial charge in [-0.2, -0.15) is 0 Å². The highest BCUT2D eigenvalue weighted by molar-refractivity contribution is 6.16. The molecule has 0 aromatic heterocycles. The van der Waals surface area contributed by atoms with Crippen LogP contribution in [0.1, 0.15) is 13.3 Å². The standard InChI is InChI=1S/C7H9NO2/c1-3-4-2-7(3,5(4)9)6(8)10/h3-4H,2H2,1H3,(H2,8,10). The SMILES string of the molecule is CC1C2CC1(C(N)=O)C2=O. The van der Waals surface area contributed by atoms with Crippen LogP contribution >= 0.6 is 0 Å². The van der Waals surface area contributed by atoms with Gasteiger partial charge in [0.05, 0.1) is 0 Å². The lowest BCUT2D eigenvalue weighted by Crippen LogP contribution is -2.74. The average Bonchev–Trinajstić information content (AvgIpc) is 1.82. The fraction of sp³-hybridized carbons (Fsp3) is 0.714. The van der Waals surface area contributed by atoms with E-state index in [-0.39, 0.29) is 17.6 Å². The molecule has 3 saturated carbocycles. The van der Waals surface area contributed by atoms with Crippen molar-refractivity contribution >= 4 is 11.7 Å². The molecule has 3 nitrogen and oxygen atoms in total. The van der Waals surface area contributed by atoms with E-state index in [1.807, 2.05) is 6.92 Å². The van der Waals surface area contributed by atoms with E-state index in [0.29, 0.717) is 6.42 Å². The summed E-state index contributed by atoms with van der Waals surface area (Å²) in [5.74, 6) is 0.0324. The molecule has 3 fully saturated rings. The van der Waals surface area contributed by atoms with Gasteiger partial charge in [-0.1, -0.05) is 6.92 Å². The van der Waals surface area contributed by atoms with Crippen LogP contribution in [0.3, 0.4) is 0 Å². The second kappa shape index (κ2) is 1.26. The largest absolute Gasteiger partial charge is 0.369 e. The first-order valence-corrected chi connectivity index (χ1v) is 3.45. The smallest absolute Gasteiger partial charge is 0.231 e. The van der Waals surface area contributed by atoms with E-state index in [2.05, 4.69) is 0 Å². The van der Waals surface area contributed by atoms with Gasteiger partial charge in [0.15, 0.2) is 5.78 Å². The van der Waals surface area contributed by atoms with Crippen LogP contribution in [-0.4, -0.2) is 11.7 Å². The van der Waals surface area contributed by atoms with Crippen LogP contribution in [-0.2, 0) is 9.59 Å². The van der Waals surface area contributed by atoms with Crippen molar-refractivity contribution in [2.24, 2.45) is 23.0 Å². The van der Waals surface area contributed by atoms with E-state index in [9.17, 15) is 9.59 Å². The third-order valence-corrected chi connectivity index (χ3v) is 3.14. The lowest BCUT2D eigenvalue weighted by Gasteiger charge is -2.62. The van der Waals surface area contributed by atoms with Gasteiger partial charge in [-0.25, -0.2) is 0 Å². The highest BCUT2D eigenvalue weighted by atomic mass is 16.2. The van der Waals surface area contributed by atoms with Crippen molar-refractivity contribution in [2.75, 3.05) is 0 Å². The predicted octanol–water partition coefficient (Wildman–Crippen LogP) is -0.303. The summed E-state index contributed by atoms with van der Waals surface area (Å²) >= 11 is 0. The molecular weight excluding hydrogens is 130 g/mol. The fourth-order valence-electron chi connectivity index (χ4n) is 2.09. The molecule has 3 rings (SSSR count). The molecule has 3 aliphatic rings. The quantitative estimate of drug-likeness (QED) is 0.507. The lowest BCUT2D eigenvalue weighted by atomic mass is 9.37. The first-order chi connectivity index (χ1) is 4.60. The number of carbonyl (C=O) groups is 2. The molecule has 3 aliphatic carbocycles. The van der Waals surface area contributed by atoms with Crippen molar-refractivity contribution in [2.45, 2.75) is 13.3 Å². The van der Waals surface area contributed by atoms with Gasteiger partial charge in [0, 0.05) is 5.92 Å². The van der Waals surface area contributed by atoms with Crippen LogP contribution in [0, 0.1) is 17.3 Å². The van der Waals surface area contributed by atoms with Crippen molar-refractivity contribution in [3.05, 3.63) is 0 Å². The van der Waals surface area contributed by atoms with Crippen LogP contribution in [0.15, 0.2) is 0 Å². The fourth-order valence-corrected chi connectivity index (χ4v) is 2.09. The van der Waals surface area contributed by atoms with Crippen LogP contribution < -0.4 is 5.73 Å². The van der Waals surface area contributed by atoms with Gasteiger partial charge >= 0.3 is 0 Å². The molecule has 1 amide bonds. The Morgan fingerprint density at radius 2 is 2.40 bits per heavy atom. The van der Waals surface area contributed by atoms with E-state index in [1.165, 1.54) is 0 Å². The summed E-state index contributed by atoms with van der Waals surface area (Å²) in [6, 6.07) is 0. The summed E-state index contributed by atoms with van der Waals surface area (Å²) in [5.41, 5.74) is 4.37. The van der Waals surface area contributed by atoms with E-state index in [0.717, 1.165) is 0 Å². The molecule has 0 aromatic rings. The molecule has 0 aromatic carbocycles. The zero-order valence-corrected chi connectivity index (χ0v) is 5.76. The van der Waals surface area contributed by atoms with Crippen molar-refractivity contribution in [1.29, 1.82) is 0 Å². The number of amides is 1. The zero-order valence-electron chi connectivity index (χ0n) is 5.76. The summed E-state index contributed by atoms with van der Waals surface area (Å²) in [6.45, 7) is 1.92. The lowest BCUT2D eigenvalue weighted by molar-refractivity contribution is -0.194. The summed E-state index contributed by atoms with van der Waals surface area (Å²) < 4.78 is 0. The monoisotopic (exact) mass is 139 g/mol. The number of nitrogens with two attached hydrogens (primary N) is 1. The maximum absolute atomic E-state index is 11.0. The van der Waals surface area contributed by atoms with Crippen LogP contribution in [0.5, 0.6) is 0 Å². The van der Waals surface area contributed by atoms with Crippen LogP contribution in [0.4, 0.5) is 0 Å². The Labute approximate surface area is 58.6 Å². The first-order valence-electron chi connectivity index (χ1n) is 3.45. The summed E-state index contributed by atoms with van der Waals surface area (Å²) in [6.07, 6.45) is 0.711. The third-order valence-electron chi connectivity index (χ3n) is 3.14. The number of ketones is 1. The van der Waals surface area contributed by atoms with E-state index >= 15 is 0 Å². The van der Waals surface area contributed by atoms with Gasteiger partial charge < -0.3 is 5.73 Å². The van der Waals surface area contributed by atoms with Crippen molar-refractivity contribution in [3.8, 4) is 0 Å². The van der Waals surface area contributed by atoms with E-state index in [1.54, 1.807) is 0 Å². The van der Waals surface area contributed by atoms with Gasteiger partial charge in [0.25, 0.3) is 0 Å². The molecule has 0 aliphatic heterocycles. The molecule has 3 heteroatoms. The number of primary amides is 1. The number of rotatable bonds is 1.